The average molecular weight is 733 g/mol. The van der Waals surface area contributed by atoms with Crippen LogP contribution in [-0.2, 0) is 11.2 Å². The van der Waals surface area contributed by atoms with E-state index in [1.54, 1.807) is 34.0 Å². The number of thioether (sulfide) groups is 1. The minimum absolute atomic E-state index is 0.0944. The molecular weight excluding hydrogens is 695 g/mol. The molecule has 1 saturated carbocycles. The van der Waals surface area contributed by atoms with Gasteiger partial charge in [-0.3, -0.25) is 9.78 Å². The van der Waals surface area contributed by atoms with E-state index in [1.165, 1.54) is 30.1 Å². The summed E-state index contributed by atoms with van der Waals surface area (Å²) in [7, 11) is 0. The average Bonchev–Trinajstić information content (AvgIpc) is 3.83. The maximum Gasteiger partial charge on any atom is 0.410 e. The normalized spacial score (nSPS) is 18.8. The number of halogens is 2. The van der Waals surface area contributed by atoms with Crippen LogP contribution in [0.3, 0.4) is 0 Å². The highest BCUT2D eigenvalue weighted by molar-refractivity contribution is 7.98. The van der Waals surface area contributed by atoms with Crippen molar-refractivity contribution in [3.05, 3.63) is 100 Å². The standard InChI is InChI=1S/C41H38F2N6O3S/c1-22(47-15-14-45-20-33(47)50)31-19-30-38(49(31)37-25-17-32(37)48(21-25)40(51)52-41(2,3)4)29-16-24(9-7-13-44)34(35(43)36(29)46-39(30)53-5)27-10-6-8-23-11-12-26(42)18-28(23)27/h6,8,10-12,14-16,18-20,22,25,32,37H,7,9,17,21H2,1-5H3/t22-,25-,32-,37+/m1/s1. The molecular formula is C41H38F2N6O3S. The molecule has 4 atom stereocenters. The summed E-state index contributed by atoms with van der Waals surface area (Å²) in [6.07, 6.45) is 7.22. The number of hydrogen-bond acceptors (Lipinski definition) is 7. The molecule has 2 saturated heterocycles. The van der Waals surface area contributed by atoms with E-state index < -0.39 is 23.3 Å². The predicted octanol–water partition coefficient (Wildman–Crippen LogP) is 8.81. The van der Waals surface area contributed by atoms with Crippen molar-refractivity contribution in [2.24, 2.45) is 5.92 Å². The van der Waals surface area contributed by atoms with Crippen molar-refractivity contribution in [3.63, 3.8) is 0 Å². The van der Waals surface area contributed by atoms with Crippen molar-refractivity contribution in [2.45, 2.75) is 75.7 Å². The quantitative estimate of drug-likeness (QED) is 0.151. The summed E-state index contributed by atoms with van der Waals surface area (Å²) in [5, 5.41) is 13.0. The summed E-state index contributed by atoms with van der Waals surface area (Å²) in [5.74, 6) is -0.890. The predicted molar refractivity (Wildman–Crippen MR) is 202 cm³/mol. The highest BCUT2D eigenvalue weighted by Crippen LogP contribution is 2.53. The summed E-state index contributed by atoms with van der Waals surface area (Å²) in [6.45, 7) is 8.00. The molecule has 3 aromatic carbocycles. The van der Waals surface area contributed by atoms with E-state index >= 15 is 4.39 Å². The van der Waals surface area contributed by atoms with Gasteiger partial charge in [-0.2, -0.15) is 5.26 Å². The van der Waals surface area contributed by atoms with Crippen LogP contribution in [0.25, 0.3) is 43.7 Å². The first-order valence-electron chi connectivity index (χ1n) is 17.7. The number of rotatable bonds is 7. The zero-order chi connectivity index (χ0) is 37.3. The Bertz CT molecular complexity index is 2570. The summed E-state index contributed by atoms with van der Waals surface area (Å²) < 4.78 is 41.8. The molecule has 3 aromatic heterocycles. The minimum Gasteiger partial charge on any atom is -0.444 e. The van der Waals surface area contributed by atoms with Gasteiger partial charge in [0.05, 0.1) is 35.9 Å². The van der Waals surface area contributed by atoms with Gasteiger partial charge in [-0.25, -0.2) is 18.6 Å². The third kappa shape index (κ3) is 5.73. The van der Waals surface area contributed by atoms with E-state index in [2.05, 4.69) is 15.6 Å². The Morgan fingerprint density at radius 3 is 2.68 bits per heavy atom. The number of amides is 1. The maximum absolute atomic E-state index is 17.5. The number of ether oxygens (including phenoxy) is 1. The first kappa shape index (κ1) is 34.8. The lowest BCUT2D eigenvalue weighted by Gasteiger charge is -2.40. The monoisotopic (exact) mass is 732 g/mol. The van der Waals surface area contributed by atoms with Crippen LogP contribution in [0.5, 0.6) is 0 Å². The van der Waals surface area contributed by atoms with Gasteiger partial charge in [-0.1, -0.05) is 24.3 Å². The number of carbonyl (C=O) groups is 1. The van der Waals surface area contributed by atoms with Crippen LogP contribution in [-0.4, -0.2) is 54.5 Å². The van der Waals surface area contributed by atoms with Gasteiger partial charge in [0.15, 0.2) is 5.82 Å². The van der Waals surface area contributed by atoms with Crippen molar-refractivity contribution < 1.29 is 18.3 Å². The number of fused-ring (bicyclic) bond motifs is 5. The molecule has 0 N–H and O–H groups in total. The van der Waals surface area contributed by atoms with Crippen LogP contribution in [0, 0.1) is 28.9 Å². The Morgan fingerprint density at radius 2 is 1.94 bits per heavy atom. The lowest BCUT2D eigenvalue weighted by atomic mass is 9.79. The molecule has 0 radical (unpaired) electrons. The van der Waals surface area contributed by atoms with Crippen molar-refractivity contribution in [3.8, 4) is 17.2 Å². The number of carbonyl (C=O) groups excluding carboxylic acids is 1. The van der Waals surface area contributed by atoms with Crippen molar-refractivity contribution in [2.75, 3.05) is 12.8 Å². The van der Waals surface area contributed by atoms with Crippen LogP contribution in [0.15, 0.2) is 76.9 Å². The first-order valence-corrected chi connectivity index (χ1v) is 18.9. The Hall–Kier alpha value is -5.28. The summed E-state index contributed by atoms with van der Waals surface area (Å²) in [6, 6.07) is 15.3. The molecule has 3 aliphatic rings. The number of nitriles is 1. The third-order valence-corrected chi connectivity index (χ3v) is 11.4. The molecule has 2 bridgehead atoms. The Labute approximate surface area is 309 Å². The van der Waals surface area contributed by atoms with E-state index in [0.29, 0.717) is 33.5 Å². The van der Waals surface area contributed by atoms with Crippen LogP contribution < -0.4 is 5.56 Å². The number of aryl methyl sites for hydroxylation is 1. The topological polar surface area (TPSA) is 106 Å². The fourth-order valence-electron chi connectivity index (χ4n) is 8.39. The van der Waals surface area contributed by atoms with Gasteiger partial charge in [0.25, 0.3) is 5.56 Å². The maximum atomic E-state index is 17.5. The molecule has 270 valence electrons. The summed E-state index contributed by atoms with van der Waals surface area (Å²) in [5.41, 5.74) is 2.21. The summed E-state index contributed by atoms with van der Waals surface area (Å²) in [4.78, 5) is 37.4. The van der Waals surface area contributed by atoms with Gasteiger partial charge in [-0.05, 0) is 93.0 Å². The molecule has 53 heavy (non-hydrogen) atoms. The minimum atomic E-state index is -0.665. The molecule has 9 nitrogen and oxygen atoms in total. The lowest BCUT2D eigenvalue weighted by molar-refractivity contribution is 0.0209. The fourth-order valence-corrected chi connectivity index (χ4v) is 8.95. The molecule has 2 aliphatic heterocycles. The number of aromatic nitrogens is 4. The molecule has 6 aromatic rings. The highest BCUT2D eigenvalue weighted by atomic mass is 32.2. The molecule has 9 rings (SSSR count). The summed E-state index contributed by atoms with van der Waals surface area (Å²) >= 11 is 1.40. The Kier molecular flexibility index (Phi) is 8.52. The first-order chi connectivity index (χ1) is 25.4. The van der Waals surface area contributed by atoms with Crippen LogP contribution >= 0.6 is 11.8 Å². The van der Waals surface area contributed by atoms with Gasteiger partial charge in [0, 0.05) is 53.3 Å². The highest BCUT2D eigenvalue weighted by Gasteiger charge is 2.56. The van der Waals surface area contributed by atoms with E-state index in [0.717, 1.165) is 28.4 Å². The van der Waals surface area contributed by atoms with E-state index in [9.17, 15) is 19.2 Å². The van der Waals surface area contributed by atoms with Crippen molar-refractivity contribution >= 4 is 50.4 Å². The van der Waals surface area contributed by atoms with Crippen LogP contribution in [0.2, 0.25) is 0 Å². The zero-order valence-corrected chi connectivity index (χ0v) is 30.9. The van der Waals surface area contributed by atoms with Crippen LogP contribution in [0.4, 0.5) is 13.6 Å². The number of hydrogen-bond donors (Lipinski definition) is 0. The SMILES string of the molecule is CSc1nc2c(F)c(-c3cccc4ccc(F)cc34)c(CCC#N)cc2c2c1cc([C@@H](C)n1ccncc1=O)n2[C@H]1[C@@H]2C[C@H]1N(C(=O)OC(C)(C)C)C2. The number of pyridine rings is 1. The molecule has 1 aliphatic carbocycles. The van der Waals surface area contributed by atoms with Crippen molar-refractivity contribution in [1.82, 2.24) is 24.0 Å². The molecule has 1 amide bonds. The number of benzene rings is 3. The van der Waals surface area contributed by atoms with Gasteiger partial charge in [0.2, 0.25) is 0 Å². The molecule has 3 fully saturated rings. The number of nitrogens with zero attached hydrogens (tertiary/aromatic N) is 6. The van der Waals surface area contributed by atoms with Gasteiger partial charge in [0.1, 0.15) is 22.0 Å². The Morgan fingerprint density at radius 1 is 1.13 bits per heavy atom. The Balaban J connectivity index is 1.43. The van der Waals surface area contributed by atoms with Gasteiger partial charge >= 0.3 is 6.09 Å². The van der Waals surface area contributed by atoms with Crippen LogP contribution in [0.1, 0.15) is 63.9 Å². The van der Waals surface area contributed by atoms with E-state index in [4.69, 9.17) is 9.72 Å². The lowest BCUT2D eigenvalue weighted by Crippen LogP contribution is -2.44. The largest absolute Gasteiger partial charge is 0.444 e. The second-order valence-electron chi connectivity index (χ2n) is 15.0. The molecule has 12 heteroatoms. The smallest absolute Gasteiger partial charge is 0.410 e. The zero-order valence-electron chi connectivity index (χ0n) is 30.1. The van der Waals surface area contributed by atoms with Gasteiger partial charge < -0.3 is 18.8 Å². The van der Waals surface area contributed by atoms with E-state index in [1.807, 2.05) is 58.2 Å². The van der Waals surface area contributed by atoms with E-state index in [-0.39, 0.29) is 53.6 Å². The molecule has 0 unspecified atom stereocenters. The molecule has 0 spiro atoms. The van der Waals surface area contributed by atoms with Gasteiger partial charge in [-0.15, -0.1) is 11.8 Å². The second kappa shape index (κ2) is 13.0. The molecule has 5 heterocycles. The third-order valence-electron chi connectivity index (χ3n) is 10.7. The fraction of sp³-hybridized carbons (Fsp3) is 0.341. The second-order valence-corrected chi connectivity index (χ2v) is 15.8. The van der Waals surface area contributed by atoms with Crippen molar-refractivity contribution in [1.29, 1.82) is 5.26 Å².